The first-order valence-electron chi connectivity index (χ1n) is 9.35. The molecule has 1 amide bonds. The molecule has 28 heavy (non-hydrogen) atoms. The second-order valence-electron chi connectivity index (χ2n) is 6.49. The van der Waals surface area contributed by atoms with Crippen LogP contribution in [0.15, 0.2) is 54.9 Å². The van der Waals surface area contributed by atoms with Crippen LogP contribution in [0.5, 0.6) is 0 Å². The predicted octanol–water partition coefficient (Wildman–Crippen LogP) is 2.66. The molecule has 0 saturated carbocycles. The average molecular weight is 375 g/mol. The number of hydrogen-bond donors (Lipinski definition) is 2. The Labute approximate surface area is 162 Å². The van der Waals surface area contributed by atoms with Gasteiger partial charge >= 0.3 is 0 Å². The van der Waals surface area contributed by atoms with E-state index in [1.807, 2.05) is 47.0 Å². The monoisotopic (exact) mass is 375 g/mol. The lowest BCUT2D eigenvalue weighted by Gasteiger charge is -2.03. The molecule has 0 unspecified atom stereocenters. The normalized spacial score (nSPS) is 11.0. The number of nitrogens with zero attached hydrogens (tertiary/aromatic N) is 5. The minimum atomic E-state index is -0.155. The predicted molar refractivity (Wildman–Crippen MR) is 105 cm³/mol. The maximum absolute atomic E-state index is 12.2. The molecule has 4 aromatic heterocycles. The summed E-state index contributed by atoms with van der Waals surface area (Å²) in [6, 6.07) is 13.2. The van der Waals surface area contributed by atoms with Gasteiger partial charge in [-0.05, 0) is 43.2 Å². The van der Waals surface area contributed by atoms with Crippen LogP contribution in [0.2, 0.25) is 0 Å². The summed E-state index contributed by atoms with van der Waals surface area (Å²) in [5.74, 6) is 0.817. The second kappa shape index (κ2) is 8.43. The van der Waals surface area contributed by atoms with Crippen LogP contribution in [0.1, 0.15) is 35.6 Å². The van der Waals surface area contributed by atoms with Gasteiger partial charge in [0.05, 0.1) is 5.69 Å². The first-order chi connectivity index (χ1) is 13.8. The Hall–Kier alpha value is -3.55. The summed E-state index contributed by atoms with van der Waals surface area (Å²) >= 11 is 0. The molecule has 4 aromatic rings. The second-order valence-corrected chi connectivity index (χ2v) is 6.49. The van der Waals surface area contributed by atoms with Crippen LogP contribution in [0, 0.1) is 0 Å². The summed E-state index contributed by atoms with van der Waals surface area (Å²) in [5, 5.41) is 18.2. The van der Waals surface area contributed by atoms with Crippen LogP contribution in [-0.4, -0.2) is 42.2 Å². The molecule has 8 heteroatoms. The topological polar surface area (TPSA) is 101 Å². The van der Waals surface area contributed by atoms with E-state index in [-0.39, 0.29) is 5.91 Å². The highest BCUT2D eigenvalue weighted by Gasteiger charge is 2.11. The number of hydrogen-bond acceptors (Lipinski definition) is 5. The van der Waals surface area contributed by atoms with Gasteiger partial charge in [0, 0.05) is 25.4 Å². The lowest BCUT2D eigenvalue weighted by molar-refractivity contribution is 0.0948. The lowest BCUT2D eigenvalue weighted by Crippen LogP contribution is -2.24. The number of carbonyl (C=O) groups is 1. The van der Waals surface area contributed by atoms with Gasteiger partial charge in [0.15, 0.2) is 5.65 Å². The molecule has 4 heterocycles. The Bertz CT molecular complexity index is 1050. The summed E-state index contributed by atoms with van der Waals surface area (Å²) < 4.78 is 2.01. The van der Waals surface area contributed by atoms with Crippen molar-refractivity contribution >= 4 is 11.6 Å². The quantitative estimate of drug-likeness (QED) is 0.461. The lowest BCUT2D eigenvalue weighted by atomic mass is 10.2. The molecule has 8 nitrogen and oxygen atoms in total. The number of fused-ring (bicyclic) bond motifs is 1. The Morgan fingerprint density at radius 3 is 2.86 bits per heavy atom. The van der Waals surface area contributed by atoms with Crippen LogP contribution in [-0.2, 0) is 6.42 Å². The van der Waals surface area contributed by atoms with E-state index in [2.05, 4.69) is 30.7 Å². The van der Waals surface area contributed by atoms with Crippen LogP contribution in [0.3, 0.4) is 0 Å². The summed E-state index contributed by atoms with van der Waals surface area (Å²) in [4.78, 5) is 16.5. The Balaban J connectivity index is 1.19. The van der Waals surface area contributed by atoms with Crippen LogP contribution in [0.4, 0.5) is 0 Å². The highest BCUT2D eigenvalue weighted by molar-refractivity contribution is 5.93. The van der Waals surface area contributed by atoms with Gasteiger partial charge in [-0.25, -0.2) is 0 Å². The van der Waals surface area contributed by atoms with E-state index >= 15 is 0 Å². The van der Waals surface area contributed by atoms with E-state index in [1.54, 1.807) is 12.3 Å². The smallest absolute Gasteiger partial charge is 0.269 e. The molecule has 0 bridgehead atoms. The van der Waals surface area contributed by atoms with Crippen molar-refractivity contribution in [2.75, 3.05) is 6.54 Å². The maximum atomic E-state index is 12.2. The summed E-state index contributed by atoms with van der Waals surface area (Å²) in [5.41, 5.74) is 2.70. The molecular weight excluding hydrogens is 354 g/mol. The van der Waals surface area contributed by atoms with Crippen molar-refractivity contribution in [1.29, 1.82) is 0 Å². The summed E-state index contributed by atoms with van der Waals surface area (Å²) in [7, 11) is 0. The molecule has 2 N–H and O–H groups in total. The van der Waals surface area contributed by atoms with Gasteiger partial charge in [0.25, 0.3) is 5.91 Å². The van der Waals surface area contributed by atoms with Crippen LogP contribution >= 0.6 is 0 Å². The van der Waals surface area contributed by atoms with E-state index in [1.165, 1.54) is 0 Å². The van der Waals surface area contributed by atoms with Crippen molar-refractivity contribution < 1.29 is 4.79 Å². The van der Waals surface area contributed by atoms with E-state index in [4.69, 9.17) is 0 Å². The Morgan fingerprint density at radius 1 is 1.04 bits per heavy atom. The van der Waals surface area contributed by atoms with Crippen LogP contribution < -0.4 is 5.32 Å². The molecule has 0 fully saturated rings. The van der Waals surface area contributed by atoms with Gasteiger partial charge in [-0.3, -0.25) is 19.3 Å². The fourth-order valence-electron chi connectivity index (χ4n) is 3.03. The number of H-pyrrole nitrogens is 1. The first kappa shape index (κ1) is 17.8. The fraction of sp³-hybridized carbons (Fsp3) is 0.250. The molecule has 0 spiro atoms. The van der Waals surface area contributed by atoms with Gasteiger partial charge in [-0.1, -0.05) is 18.6 Å². The van der Waals surface area contributed by atoms with Gasteiger partial charge in [-0.2, -0.15) is 5.10 Å². The van der Waals surface area contributed by atoms with Crippen molar-refractivity contribution in [3.05, 3.63) is 66.4 Å². The maximum Gasteiger partial charge on any atom is 0.269 e. The third-order valence-corrected chi connectivity index (χ3v) is 4.50. The largest absolute Gasteiger partial charge is 0.351 e. The standard InChI is InChI=1S/C20H21N7O/c28-20(17-14-16(23-24-17)15-8-3-6-11-21-15)22-12-5-1-2-9-18-25-26-19-10-4-7-13-27(18)19/h3-4,6-8,10-11,13-14H,1-2,5,9,12H2,(H,22,28)(H,23,24). The van der Waals surface area contributed by atoms with Crippen molar-refractivity contribution in [2.45, 2.75) is 25.7 Å². The number of unbranched alkanes of at least 4 members (excludes halogenated alkanes) is 2. The molecule has 4 rings (SSSR count). The third-order valence-electron chi connectivity index (χ3n) is 4.50. The first-order valence-corrected chi connectivity index (χ1v) is 9.35. The highest BCUT2D eigenvalue weighted by atomic mass is 16.1. The number of aromatic amines is 1. The van der Waals surface area contributed by atoms with E-state index in [0.717, 1.165) is 42.8 Å². The summed E-state index contributed by atoms with van der Waals surface area (Å²) in [6.45, 7) is 0.622. The van der Waals surface area contributed by atoms with Gasteiger partial charge in [0.2, 0.25) is 0 Å². The van der Waals surface area contributed by atoms with Crippen molar-refractivity contribution in [3.63, 3.8) is 0 Å². The molecular formula is C20H21N7O. The number of aryl methyl sites for hydroxylation is 1. The number of rotatable bonds is 8. The molecule has 0 atom stereocenters. The fourth-order valence-corrected chi connectivity index (χ4v) is 3.03. The highest BCUT2D eigenvalue weighted by Crippen LogP contribution is 2.14. The minimum absolute atomic E-state index is 0.155. The van der Waals surface area contributed by atoms with Gasteiger partial charge in [-0.15, -0.1) is 10.2 Å². The molecule has 0 aromatic carbocycles. The van der Waals surface area contributed by atoms with Crippen molar-refractivity contribution in [2.24, 2.45) is 0 Å². The Morgan fingerprint density at radius 2 is 1.96 bits per heavy atom. The van der Waals surface area contributed by atoms with Gasteiger partial charge in [0.1, 0.15) is 17.2 Å². The van der Waals surface area contributed by atoms with E-state index in [9.17, 15) is 4.79 Å². The molecule has 0 saturated heterocycles. The molecule has 0 radical (unpaired) electrons. The zero-order valence-corrected chi connectivity index (χ0v) is 15.4. The zero-order valence-electron chi connectivity index (χ0n) is 15.4. The SMILES string of the molecule is O=C(NCCCCCc1nnc2ccccn12)c1cc(-c2ccccn2)n[nH]1. The van der Waals surface area contributed by atoms with Crippen LogP contribution in [0.25, 0.3) is 17.0 Å². The van der Waals surface area contributed by atoms with Crippen molar-refractivity contribution in [1.82, 2.24) is 35.1 Å². The third kappa shape index (κ3) is 4.06. The molecule has 0 aliphatic heterocycles. The summed E-state index contributed by atoms with van der Waals surface area (Å²) in [6.07, 6.45) is 7.46. The van der Waals surface area contributed by atoms with Gasteiger partial charge < -0.3 is 5.32 Å². The number of pyridine rings is 2. The molecule has 0 aliphatic carbocycles. The minimum Gasteiger partial charge on any atom is -0.351 e. The number of aromatic nitrogens is 6. The average Bonchev–Trinajstić information content (AvgIpc) is 3.39. The van der Waals surface area contributed by atoms with E-state index < -0.39 is 0 Å². The van der Waals surface area contributed by atoms with Crippen molar-refractivity contribution in [3.8, 4) is 11.4 Å². The molecule has 142 valence electrons. The Kier molecular flexibility index (Phi) is 5.37. The molecule has 0 aliphatic rings. The number of carbonyl (C=O) groups excluding carboxylic acids is 1. The number of nitrogens with one attached hydrogen (secondary N) is 2. The number of amides is 1. The zero-order chi connectivity index (χ0) is 19.2. The van der Waals surface area contributed by atoms with E-state index in [0.29, 0.717) is 17.9 Å².